The zero-order valence-electron chi connectivity index (χ0n) is 10.9. The first-order chi connectivity index (χ1) is 9.13. The van der Waals surface area contributed by atoms with Crippen LogP contribution in [0.3, 0.4) is 0 Å². The fourth-order valence-corrected chi connectivity index (χ4v) is 2.27. The highest BCUT2D eigenvalue weighted by Gasteiger charge is 2.09. The number of hydrogen-bond acceptors (Lipinski definition) is 3. The fourth-order valence-electron chi connectivity index (χ4n) is 1.83. The smallest absolute Gasteiger partial charge is 0.251 e. The van der Waals surface area contributed by atoms with Gasteiger partial charge in [0.25, 0.3) is 5.56 Å². The van der Waals surface area contributed by atoms with E-state index in [2.05, 4.69) is 32.8 Å². The average Bonchev–Trinajstić information content (AvgIpc) is 2.39. The summed E-state index contributed by atoms with van der Waals surface area (Å²) in [4.78, 5) is 18.9. The standard InChI is InChI=1S/C14H15BrN2O2/c1-3-4-9-7-13(18)17-14(16-9)11-8-10(19-2)5-6-12(11)15/h5-8H,3-4H2,1-2H3,(H,16,17,18). The first-order valence-electron chi connectivity index (χ1n) is 6.08. The minimum Gasteiger partial charge on any atom is -0.497 e. The normalized spacial score (nSPS) is 10.5. The average molecular weight is 323 g/mol. The lowest BCUT2D eigenvalue weighted by Crippen LogP contribution is -2.10. The van der Waals surface area contributed by atoms with Crippen LogP contribution in [0.4, 0.5) is 0 Å². The van der Waals surface area contributed by atoms with E-state index in [9.17, 15) is 4.79 Å². The molecule has 4 nitrogen and oxygen atoms in total. The maximum absolute atomic E-state index is 11.7. The first-order valence-corrected chi connectivity index (χ1v) is 6.87. The van der Waals surface area contributed by atoms with Crippen molar-refractivity contribution >= 4 is 15.9 Å². The van der Waals surface area contributed by atoms with Crippen LogP contribution in [0.5, 0.6) is 5.75 Å². The lowest BCUT2D eigenvalue weighted by molar-refractivity contribution is 0.415. The third kappa shape index (κ3) is 3.23. The van der Waals surface area contributed by atoms with E-state index in [0.717, 1.165) is 34.3 Å². The molecule has 100 valence electrons. The van der Waals surface area contributed by atoms with Gasteiger partial charge in [0.2, 0.25) is 0 Å². The minimum absolute atomic E-state index is 0.136. The van der Waals surface area contributed by atoms with Crippen LogP contribution in [0, 0.1) is 0 Å². The van der Waals surface area contributed by atoms with Gasteiger partial charge in [-0.3, -0.25) is 4.79 Å². The summed E-state index contributed by atoms with van der Waals surface area (Å²) in [6.07, 6.45) is 1.74. The predicted octanol–water partition coefficient (Wildman–Crippen LogP) is 3.16. The molecule has 1 aromatic heterocycles. The fraction of sp³-hybridized carbons (Fsp3) is 0.286. The van der Waals surface area contributed by atoms with Gasteiger partial charge in [-0.25, -0.2) is 4.98 Å². The Kier molecular flexibility index (Phi) is 4.37. The van der Waals surface area contributed by atoms with Crippen LogP contribution in [-0.2, 0) is 6.42 Å². The molecule has 0 aliphatic carbocycles. The molecule has 1 heterocycles. The number of hydrogen-bond donors (Lipinski definition) is 1. The van der Waals surface area contributed by atoms with Gasteiger partial charge in [-0.1, -0.05) is 29.3 Å². The summed E-state index contributed by atoms with van der Waals surface area (Å²) in [6, 6.07) is 7.11. The van der Waals surface area contributed by atoms with Crippen LogP contribution >= 0.6 is 15.9 Å². The predicted molar refractivity (Wildman–Crippen MR) is 78.5 cm³/mol. The van der Waals surface area contributed by atoms with E-state index in [4.69, 9.17) is 4.74 Å². The molecule has 0 aliphatic rings. The second-order valence-electron chi connectivity index (χ2n) is 4.18. The van der Waals surface area contributed by atoms with Gasteiger partial charge in [0.05, 0.1) is 7.11 Å². The molecule has 0 radical (unpaired) electrons. The Morgan fingerprint density at radius 1 is 1.37 bits per heavy atom. The molecular weight excluding hydrogens is 308 g/mol. The van der Waals surface area contributed by atoms with Crippen molar-refractivity contribution < 1.29 is 4.74 Å². The topological polar surface area (TPSA) is 55.0 Å². The molecule has 5 heteroatoms. The van der Waals surface area contributed by atoms with Crippen LogP contribution in [0.25, 0.3) is 11.4 Å². The number of nitrogens with one attached hydrogen (secondary N) is 1. The van der Waals surface area contributed by atoms with Crippen LogP contribution in [-0.4, -0.2) is 17.1 Å². The molecule has 2 aromatic rings. The van der Waals surface area contributed by atoms with Gasteiger partial charge in [-0.15, -0.1) is 0 Å². The summed E-state index contributed by atoms with van der Waals surface area (Å²) < 4.78 is 6.06. The molecule has 19 heavy (non-hydrogen) atoms. The first kappa shape index (κ1) is 13.8. The Bertz CT molecular complexity index is 638. The third-order valence-electron chi connectivity index (χ3n) is 2.73. The van der Waals surface area contributed by atoms with Crippen molar-refractivity contribution in [1.29, 1.82) is 0 Å². The number of methoxy groups -OCH3 is 1. The van der Waals surface area contributed by atoms with Crippen LogP contribution in [0.2, 0.25) is 0 Å². The summed E-state index contributed by atoms with van der Waals surface area (Å²) in [6.45, 7) is 2.06. The number of benzene rings is 1. The quantitative estimate of drug-likeness (QED) is 0.940. The number of H-pyrrole nitrogens is 1. The van der Waals surface area contributed by atoms with E-state index < -0.39 is 0 Å². The van der Waals surface area contributed by atoms with Gasteiger partial charge in [0.15, 0.2) is 0 Å². The van der Waals surface area contributed by atoms with E-state index >= 15 is 0 Å². The molecule has 1 aromatic carbocycles. The number of halogens is 1. The summed E-state index contributed by atoms with van der Waals surface area (Å²) >= 11 is 3.47. The van der Waals surface area contributed by atoms with Crippen molar-refractivity contribution in [2.45, 2.75) is 19.8 Å². The van der Waals surface area contributed by atoms with Crippen LogP contribution in [0.1, 0.15) is 19.0 Å². The Balaban J connectivity index is 2.54. The second kappa shape index (κ2) is 6.02. The molecular formula is C14H15BrN2O2. The molecule has 0 unspecified atom stereocenters. The molecule has 0 saturated heterocycles. The molecule has 0 atom stereocenters. The van der Waals surface area contributed by atoms with E-state index in [0.29, 0.717) is 5.82 Å². The molecule has 0 bridgehead atoms. The highest BCUT2D eigenvalue weighted by Crippen LogP contribution is 2.29. The Hall–Kier alpha value is -1.62. The highest BCUT2D eigenvalue weighted by molar-refractivity contribution is 9.10. The summed E-state index contributed by atoms with van der Waals surface area (Å²) in [5.41, 5.74) is 1.48. The molecule has 0 spiro atoms. The van der Waals surface area contributed by atoms with Crippen molar-refractivity contribution in [3.8, 4) is 17.1 Å². The number of nitrogens with zero attached hydrogens (tertiary/aromatic N) is 1. The number of aromatic amines is 1. The monoisotopic (exact) mass is 322 g/mol. The molecule has 1 N–H and O–H groups in total. The van der Waals surface area contributed by atoms with Gasteiger partial charge in [-0.2, -0.15) is 0 Å². The number of rotatable bonds is 4. The van der Waals surface area contributed by atoms with E-state index in [1.807, 2.05) is 18.2 Å². The third-order valence-corrected chi connectivity index (χ3v) is 3.42. The SMILES string of the molecule is CCCc1cc(=O)[nH]c(-c2cc(OC)ccc2Br)n1. The Morgan fingerprint density at radius 3 is 2.84 bits per heavy atom. The van der Waals surface area contributed by atoms with Crippen molar-refractivity contribution in [1.82, 2.24) is 9.97 Å². The lowest BCUT2D eigenvalue weighted by atomic mass is 10.2. The maximum Gasteiger partial charge on any atom is 0.251 e. The van der Waals surface area contributed by atoms with Crippen LogP contribution < -0.4 is 10.3 Å². The Morgan fingerprint density at radius 2 is 2.16 bits per heavy atom. The van der Waals surface area contributed by atoms with Crippen molar-refractivity contribution in [3.05, 3.63) is 44.8 Å². The molecule has 0 amide bonds. The molecule has 0 saturated carbocycles. The zero-order chi connectivity index (χ0) is 13.8. The van der Waals surface area contributed by atoms with Crippen molar-refractivity contribution in [2.24, 2.45) is 0 Å². The minimum atomic E-state index is -0.136. The van der Waals surface area contributed by atoms with E-state index in [-0.39, 0.29) is 5.56 Å². The summed E-state index contributed by atoms with van der Waals surface area (Å²) in [7, 11) is 1.61. The number of aryl methyl sites for hydroxylation is 1. The maximum atomic E-state index is 11.7. The van der Waals surface area contributed by atoms with Gasteiger partial charge in [-0.05, 0) is 24.6 Å². The number of ether oxygens (including phenoxy) is 1. The highest BCUT2D eigenvalue weighted by atomic mass is 79.9. The van der Waals surface area contributed by atoms with Gasteiger partial charge < -0.3 is 9.72 Å². The van der Waals surface area contributed by atoms with Crippen molar-refractivity contribution in [2.75, 3.05) is 7.11 Å². The Labute approximate surface area is 120 Å². The lowest BCUT2D eigenvalue weighted by Gasteiger charge is -2.08. The van der Waals surface area contributed by atoms with Crippen LogP contribution in [0.15, 0.2) is 33.5 Å². The number of aromatic nitrogens is 2. The van der Waals surface area contributed by atoms with Crippen molar-refractivity contribution in [3.63, 3.8) is 0 Å². The molecule has 0 aliphatic heterocycles. The van der Waals surface area contributed by atoms with E-state index in [1.54, 1.807) is 13.2 Å². The zero-order valence-corrected chi connectivity index (χ0v) is 12.5. The summed E-state index contributed by atoms with van der Waals surface area (Å²) in [5, 5.41) is 0. The second-order valence-corrected chi connectivity index (χ2v) is 5.04. The summed E-state index contributed by atoms with van der Waals surface area (Å²) in [5.74, 6) is 1.28. The molecule has 0 fully saturated rings. The van der Waals surface area contributed by atoms with E-state index in [1.165, 1.54) is 0 Å². The largest absolute Gasteiger partial charge is 0.497 e. The van der Waals surface area contributed by atoms with Gasteiger partial charge in [0, 0.05) is 21.8 Å². The van der Waals surface area contributed by atoms with Gasteiger partial charge in [0.1, 0.15) is 11.6 Å². The molecule has 2 rings (SSSR count). The van der Waals surface area contributed by atoms with Gasteiger partial charge >= 0.3 is 0 Å².